The molecule has 48 heavy (non-hydrogen) atoms. The molecule has 1 atom stereocenters. The van der Waals surface area contributed by atoms with Gasteiger partial charge in [0.2, 0.25) is 0 Å². The Morgan fingerprint density at radius 3 is 0.833 bits per heavy atom. The lowest BCUT2D eigenvalue weighted by molar-refractivity contribution is -0.167. The van der Waals surface area contributed by atoms with E-state index in [0.29, 0.717) is 19.3 Å². The van der Waals surface area contributed by atoms with E-state index in [4.69, 9.17) is 14.2 Å². The van der Waals surface area contributed by atoms with E-state index in [1.807, 2.05) is 0 Å². The SMILES string of the molecule is CCCCCCCCCCCCCCCC(=O)O[C@H](COC(=O)CCCCCCC)COC(=O)CCCCCCCCCCCCCC. The molecule has 0 spiro atoms. The van der Waals surface area contributed by atoms with Crippen LogP contribution in [0.5, 0.6) is 0 Å². The Morgan fingerprint density at radius 1 is 0.333 bits per heavy atom. The van der Waals surface area contributed by atoms with Gasteiger partial charge in [0.1, 0.15) is 13.2 Å². The van der Waals surface area contributed by atoms with Crippen molar-refractivity contribution in [2.24, 2.45) is 0 Å². The number of hydrogen-bond acceptors (Lipinski definition) is 6. The molecule has 6 nitrogen and oxygen atoms in total. The van der Waals surface area contributed by atoms with Crippen molar-refractivity contribution >= 4 is 17.9 Å². The highest BCUT2D eigenvalue weighted by Crippen LogP contribution is 2.15. The van der Waals surface area contributed by atoms with Crippen molar-refractivity contribution in [3.8, 4) is 0 Å². The molecule has 0 aliphatic heterocycles. The number of hydrogen-bond donors (Lipinski definition) is 0. The quantitative estimate of drug-likeness (QED) is 0.0367. The van der Waals surface area contributed by atoms with Crippen LogP contribution in [0, 0.1) is 0 Å². The van der Waals surface area contributed by atoms with Crippen molar-refractivity contribution in [2.75, 3.05) is 13.2 Å². The first-order valence-electron chi connectivity index (χ1n) is 21.0. The summed E-state index contributed by atoms with van der Waals surface area (Å²) in [5, 5.41) is 0. The summed E-state index contributed by atoms with van der Waals surface area (Å²) >= 11 is 0. The molecule has 0 aliphatic rings. The second-order valence-electron chi connectivity index (χ2n) is 14.3. The first kappa shape index (κ1) is 46.4. The molecule has 6 heteroatoms. The van der Waals surface area contributed by atoms with Gasteiger partial charge in [-0.3, -0.25) is 14.4 Å². The third kappa shape index (κ3) is 35.7. The zero-order chi connectivity index (χ0) is 35.2. The molecule has 0 radical (unpaired) electrons. The van der Waals surface area contributed by atoms with Crippen LogP contribution in [0.4, 0.5) is 0 Å². The van der Waals surface area contributed by atoms with Crippen LogP contribution in [-0.2, 0) is 28.6 Å². The summed E-state index contributed by atoms with van der Waals surface area (Å²) in [5.41, 5.74) is 0. The van der Waals surface area contributed by atoms with Gasteiger partial charge in [-0.15, -0.1) is 0 Å². The molecule has 0 heterocycles. The van der Waals surface area contributed by atoms with E-state index < -0.39 is 6.10 Å². The minimum absolute atomic E-state index is 0.0643. The van der Waals surface area contributed by atoms with E-state index in [9.17, 15) is 14.4 Å². The van der Waals surface area contributed by atoms with Crippen molar-refractivity contribution in [2.45, 2.75) is 239 Å². The first-order chi connectivity index (χ1) is 23.5. The zero-order valence-corrected chi connectivity index (χ0v) is 32.3. The summed E-state index contributed by atoms with van der Waals surface area (Å²) in [6.45, 7) is 6.55. The van der Waals surface area contributed by atoms with Gasteiger partial charge in [-0.05, 0) is 19.3 Å². The fraction of sp³-hybridized carbons (Fsp3) is 0.929. The Kier molecular flexibility index (Phi) is 36.9. The van der Waals surface area contributed by atoms with Gasteiger partial charge in [0.15, 0.2) is 6.10 Å². The molecule has 0 amide bonds. The van der Waals surface area contributed by atoms with Crippen molar-refractivity contribution < 1.29 is 28.6 Å². The molecule has 0 unspecified atom stereocenters. The van der Waals surface area contributed by atoms with E-state index in [-0.39, 0.29) is 31.1 Å². The van der Waals surface area contributed by atoms with Crippen LogP contribution in [0.3, 0.4) is 0 Å². The third-order valence-corrected chi connectivity index (χ3v) is 9.36. The first-order valence-corrected chi connectivity index (χ1v) is 21.0. The zero-order valence-electron chi connectivity index (χ0n) is 32.3. The molecule has 0 saturated heterocycles. The van der Waals surface area contributed by atoms with E-state index >= 15 is 0 Å². The summed E-state index contributed by atoms with van der Waals surface area (Å²) in [4.78, 5) is 37.3. The Labute approximate surface area is 298 Å². The molecule has 0 bridgehead atoms. The van der Waals surface area contributed by atoms with Gasteiger partial charge < -0.3 is 14.2 Å². The molecule has 0 aliphatic carbocycles. The Hall–Kier alpha value is -1.59. The monoisotopic (exact) mass is 681 g/mol. The Morgan fingerprint density at radius 2 is 0.562 bits per heavy atom. The standard InChI is InChI=1S/C42H80O6/c1-4-7-10-13-15-17-19-21-23-25-27-30-33-36-42(45)48-39(37-46-40(43)34-31-28-12-9-6-3)38-47-41(44)35-32-29-26-24-22-20-18-16-14-11-8-5-2/h39H,4-38H2,1-3H3/t39-/m1/s1. The second kappa shape index (κ2) is 38.2. The van der Waals surface area contributed by atoms with Crippen LogP contribution in [-0.4, -0.2) is 37.2 Å². The summed E-state index contributed by atoms with van der Waals surface area (Å²) in [6.07, 6.45) is 36.8. The van der Waals surface area contributed by atoms with Gasteiger partial charge in [-0.1, -0.05) is 194 Å². The van der Waals surface area contributed by atoms with Gasteiger partial charge in [0, 0.05) is 19.3 Å². The lowest BCUT2D eigenvalue weighted by Gasteiger charge is -2.18. The Bertz CT molecular complexity index is 708. The molecule has 0 saturated carbocycles. The van der Waals surface area contributed by atoms with Gasteiger partial charge >= 0.3 is 17.9 Å². The molecule has 284 valence electrons. The van der Waals surface area contributed by atoms with Gasteiger partial charge in [-0.2, -0.15) is 0 Å². The predicted octanol–water partition coefficient (Wildman–Crippen LogP) is 12.9. The van der Waals surface area contributed by atoms with Gasteiger partial charge in [0.05, 0.1) is 0 Å². The fourth-order valence-electron chi connectivity index (χ4n) is 6.15. The maximum absolute atomic E-state index is 12.6. The van der Waals surface area contributed by atoms with Crippen molar-refractivity contribution in [3.05, 3.63) is 0 Å². The van der Waals surface area contributed by atoms with Crippen molar-refractivity contribution in [3.63, 3.8) is 0 Å². The molecule has 0 aromatic heterocycles. The lowest BCUT2D eigenvalue weighted by atomic mass is 10.0. The van der Waals surface area contributed by atoms with Crippen LogP contribution in [0.25, 0.3) is 0 Å². The highest BCUT2D eigenvalue weighted by molar-refractivity contribution is 5.71. The summed E-state index contributed by atoms with van der Waals surface area (Å²) in [5.74, 6) is -0.871. The third-order valence-electron chi connectivity index (χ3n) is 9.36. The highest BCUT2D eigenvalue weighted by atomic mass is 16.6. The smallest absolute Gasteiger partial charge is 0.306 e. The Balaban J connectivity index is 4.22. The number of ether oxygens (including phenoxy) is 3. The van der Waals surface area contributed by atoms with Crippen LogP contribution < -0.4 is 0 Å². The van der Waals surface area contributed by atoms with Crippen LogP contribution in [0.1, 0.15) is 233 Å². The molecule has 0 rings (SSSR count). The maximum atomic E-state index is 12.6. The average Bonchev–Trinajstić information content (AvgIpc) is 3.08. The number of carbonyl (C=O) groups is 3. The number of rotatable bonds is 38. The number of carbonyl (C=O) groups excluding carboxylic acids is 3. The van der Waals surface area contributed by atoms with E-state index in [1.165, 1.54) is 128 Å². The fourth-order valence-corrected chi connectivity index (χ4v) is 6.15. The highest BCUT2D eigenvalue weighted by Gasteiger charge is 2.19. The lowest BCUT2D eigenvalue weighted by Crippen LogP contribution is -2.30. The van der Waals surface area contributed by atoms with Crippen molar-refractivity contribution in [1.82, 2.24) is 0 Å². The second-order valence-corrected chi connectivity index (χ2v) is 14.3. The molecule has 0 aromatic rings. The van der Waals surface area contributed by atoms with Gasteiger partial charge in [-0.25, -0.2) is 0 Å². The maximum Gasteiger partial charge on any atom is 0.306 e. The normalized spacial score (nSPS) is 11.8. The summed E-state index contributed by atoms with van der Waals surface area (Å²) in [7, 11) is 0. The molecule has 0 fully saturated rings. The summed E-state index contributed by atoms with van der Waals surface area (Å²) < 4.78 is 16.6. The largest absolute Gasteiger partial charge is 0.462 e. The minimum Gasteiger partial charge on any atom is -0.462 e. The topological polar surface area (TPSA) is 78.9 Å². The van der Waals surface area contributed by atoms with E-state index in [0.717, 1.165) is 64.2 Å². The van der Waals surface area contributed by atoms with Gasteiger partial charge in [0.25, 0.3) is 0 Å². The molecule has 0 N–H and O–H groups in total. The van der Waals surface area contributed by atoms with Crippen LogP contribution in [0.15, 0.2) is 0 Å². The molecular weight excluding hydrogens is 600 g/mol. The molecular formula is C42H80O6. The average molecular weight is 681 g/mol. The number of esters is 3. The van der Waals surface area contributed by atoms with Crippen LogP contribution in [0.2, 0.25) is 0 Å². The minimum atomic E-state index is -0.755. The number of unbranched alkanes of at least 4 members (excludes halogenated alkanes) is 27. The van der Waals surface area contributed by atoms with Crippen molar-refractivity contribution in [1.29, 1.82) is 0 Å². The predicted molar refractivity (Wildman–Crippen MR) is 201 cm³/mol. The van der Waals surface area contributed by atoms with E-state index in [1.54, 1.807) is 0 Å². The van der Waals surface area contributed by atoms with Crippen LogP contribution >= 0.6 is 0 Å². The molecule has 0 aromatic carbocycles. The van der Waals surface area contributed by atoms with E-state index in [2.05, 4.69) is 20.8 Å². The summed E-state index contributed by atoms with van der Waals surface area (Å²) in [6, 6.07) is 0.